The SMILES string of the molecule is COc1cc(Nc2cc(Cl)cc(C(F)(F)F)c2)ccc1N. The first-order chi connectivity index (χ1) is 9.79. The molecule has 0 atom stereocenters. The van der Waals surface area contributed by atoms with Gasteiger partial charge < -0.3 is 15.8 Å². The molecule has 0 amide bonds. The lowest BCUT2D eigenvalue weighted by Gasteiger charge is -2.13. The largest absolute Gasteiger partial charge is 0.495 e. The molecule has 0 aromatic heterocycles. The Bertz CT molecular complexity index is 659. The first-order valence-electron chi connectivity index (χ1n) is 5.88. The second-order valence-corrected chi connectivity index (χ2v) is 4.74. The molecule has 2 rings (SSSR count). The van der Waals surface area contributed by atoms with Crippen LogP contribution in [0.3, 0.4) is 0 Å². The number of methoxy groups -OCH3 is 1. The number of alkyl halides is 3. The molecule has 3 nitrogen and oxygen atoms in total. The van der Waals surface area contributed by atoms with E-state index in [1.807, 2.05) is 0 Å². The van der Waals surface area contributed by atoms with Crippen LogP contribution < -0.4 is 15.8 Å². The number of ether oxygens (including phenoxy) is 1. The van der Waals surface area contributed by atoms with Crippen LogP contribution >= 0.6 is 11.6 Å². The fraction of sp³-hybridized carbons (Fsp3) is 0.143. The topological polar surface area (TPSA) is 47.3 Å². The minimum Gasteiger partial charge on any atom is -0.495 e. The van der Waals surface area contributed by atoms with Gasteiger partial charge in [0.15, 0.2) is 0 Å². The van der Waals surface area contributed by atoms with Crippen LogP contribution in [0.5, 0.6) is 5.75 Å². The first-order valence-corrected chi connectivity index (χ1v) is 6.26. The van der Waals surface area contributed by atoms with Crippen molar-refractivity contribution in [1.29, 1.82) is 0 Å². The van der Waals surface area contributed by atoms with Gasteiger partial charge in [-0.25, -0.2) is 0 Å². The van der Waals surface area contributed by atoms with Crippen LogP contribution in [0, 0.1) is 0 Å². The van der Waals surface area contributed by atoms with Gasteiger partial charge in [0.25, 0.3) is 0 Å². The molecule has 0 saturated carbocycles. The average molecular weight is 317 g/mol. The van der Waals surface area contributed by atoms with Gasteiger partial charge in [-0.3, -0.25) is 0 Å². The number of nitrogens with one attached hydrogen (secondary N) is 1. The highest BCUT2D eigenvalue weighted by atomic mass is 35.5. The Labute approximate surface area is 124 Å². The summed E-state index contributed by atoms with van der Waals surface area (Å²) in [5.41, 5.74) is 6.05. The molecule has 0 heterocycles. The normalized spacial score (nSPS) is 11.3. The highest BCUT2D eigenvalue weighted by Gasteiger charge is 2.31. The summed E-state index contributed by atoms with van der Waals surface area (Å²) in [4.78, 5) is 0. The van der Waals surface area contributed by atoms with E-state index in [1.54, 1.807) is 18.2 Å². The van der Waals surface area contributed by atoms with E-state index in [9.17, 15) is 13.2 Å². The van der Waals surface area contributed by atoms with Crippen LogP contribution in [0.1, 0.15) is 5.56 Å². The number of nitrogens with two attached hydrogens (primary N) is 1. The average Bonchev–Trinajstić information content (AvgIpc) is 2.39. The summed E-state index contributed by atoms with van der Waals surface area (Å²) in [6.07, 6.45) is -4.46. The highest BCUT2D eigenvalue weighted by Crippen LogP contribution is 2.34. The zero-order valence-corrected chi connectivity index (χ0v) is 11.7. The monoisotopic (exact) mass is 316 g/mol. The van der Waals surface area contributed by atoms with E-state index in [2.05, 4.69) is 5.32 Å². The van der Waals surface area contributed by atoms with Gasteiger partial charge in [-0.2, -0.15) is 13.2 Å². The van der Waals surface area contributed by atoms with Crippen molar-refractivity contribution < 1.29 is 17.9 Å². The minimum atomic E-state index is -4.46. The Kier molecular flexibility index (Phi) is 4.18. The van der Waals surface area contributed by atoms with Crippen molar-refractivity contribution in [3.63, 3.8) is 0 Å². The van der Waals surface area contributed by atoms with E-state index in [0.29, 0.717) is 17.1 Å². The number of anilines is 3. The number of halogens is 4. The number of rotatable bonds is 3. The van der Waals surface area contributed by atoms with Crippen LogP contribution in [0.15, 0.2) is 36.4 Å². The van der Waals surface area contributed by atoms with E-state index < -0.39 is 11.7 Å². The summed E-state index contributed by atoms with van der Waals surface area (Å²) < 4.78 is 43.3. The summed E-state index contributed by atoms with van der Waals surface area (Å²) in [5, 5.41) is 2.83. The molecule has 0 aliphatic rings. The van der Waals surface area contributed by atoms with E-state index >= 15 is 0 Å². The molecule has 0 saturated heterocycles. The van der Waals surface area contributed by atoms with E-state index in [0.717, 1.165) is 12.1 Å². The Balaban J connectivity index is 2.33. The van der Waals surface area contributed by atoms with Crippen molar-refractivity contribution >= 4 is 28.7 Å². The lowest BCUT2D eigenvalue weighted by molar-refractivity contribution is -0.137. The second kappa shape index (κ2) is 5.73. The summed E-state index contributed by atoms with van der Waals surface area (Å²) in [5.74, 6) is 0.429. The Morgan fingerprint density at radius 2 is 1.81 bits per heavy atom. The molecule has 2 aromatic carbocycles. The molecule has 0 radical (unpaired) electrons. The highest BCUT2D eigenvalue weighted by molar-refractivity contribution is 6.31. The molecule has 7 heteroatoms. The summed E-state index contributed by atoms with van der Waals surface area (Å²) >= 11 is 5.72. The van der Waals surface area contributed by atoms with Crippen LogP contribution in [0.25, 0.3) is 0 Å². The predicted octanol–water partition coefficient (Wildman–Crippen LogP) is 4.69. The lowest BCUT2D eigenvalue weighted by atomic mass is 10.2. The van der Waals surface area contributed by atoms with Crippen LogP contribution in [0.4, 0.5) is 30.2 Å². The van der Waals surface area contributed by atoms with Gasteiger partial charge in [-0.15, -0.1) is 0 Å². The zero-order chi connectivity index (χ0) is 15.6. The smallest absolute Gasteiger partial charge is 0.416 e. The van der Waals surface area contributed by atoms with Crippen LogP contribution in [0.2, 0.25) is 5.02 Å². The Hall–Kier alpha value is -2.08. The van der Waals surface area contributed by atoms with Gasteiger partial charge >= 0.3 is 6.18 Å². The molecule has 0 bridgehead atoms. The molecule has 3 N–H and O–H groups in total. The van der Waals surface area contributed by atoms with Crippen LogP contribution in [-0.4, -0.2) is 7.11 Å². The van der Waals surface area contributed by atoms with Gasteiger partial charge in [0.1, 0.15) is 5.75 Å². The van der Waals surface area contributed by atoms with Gasteiger partial charge in [0, 0.05) is 22.5 Å². The third kappa shape index (κ3) is 3.72. The standard InChI is InChI=1S/C14H12ClF3N2O/c1-21-13-7-10(2-3-12(13)19)20-11-5-8(14(16,17)18)4-9(15)6-11/h2-7,20H,19H2,1H3. The first kappa shape index (κ1) is 15.3. The maximum atomic E-state index is 12.7. The fourth-order valence-corrected chi connectivity index (χ4v) is 2.02. The third-order valence-corrected chi connectivity index (χ3v) is 2.97. The quantitative estimate of drug-likeness (QED) is 0.807. The molecule has 0 aliphatic heterocycles. The maximum absolute atomic E-state index is 12.7. The van der Waals surface area contributed by atoms with Crippen molar-refractivity contribution in [3.8, 4) is 5.75 Å². The van der Waals surface area contributed by atoms with Crippen molar-refractivity contribution in [2.75, 3.05) is 18.2 Å². The minimum absolute atomic E-state index is 0.00487. The van der Waals surface area contributed by atoms with Crippen molar-refractivity contribution in [1.82, 2.24) is 0 Å². The predicted molar refractivity (Wildman–Crippen MR) is 77.1 cm³/mol. The van der Waals surface area contributed by atoms with E-state index in [1.165, 1.54) is 13.2 Å². The van der Waals surface area contributed by atoms with E-state index in [4.69, 9.17) is 22.1 Å². The molecule has 0 unspecified atom stereocenters. The van der Waals surface area contributed by atoms with Gasteiger partial charge in [-0.1, -0.05) is 11.6 Å². The van der Waals surface area contributed by atoms with Crippen LogP contribution in [-0.2, 0) is 6.18 Å². The molecular formula is C14H12ClF3N2O. The maximum Gasteiger partial charge on any atom is 0.416 e. The molecule has 0 aliphatic carbocycles. The number of hydrogen-bond acceptors (Lipinski definition) is 3. The molecule has 0 spiro atoms. The third-order valence-electron chi connectivity index (χ3n) is 2.75. The zero-order valence-electron chi connectivity index (χ0n) is 11.0. The number of hydrogen-bond donors (Lipinski definition) is 2. The second-order valence-electron chi connectivity index (χ2n) is 4.31. The lowest BCUT2D eigenvalue weighted by Crippen LogP contribution is -2.05. The van der Waals surface area contributed by atoms with Crippen molar-refractivity contribution in [3.05, 3.63) is 47.0 Å². The molecule has 2 aromatic rings. The van der Waals surface area contributed by atoms with Gasteiger partial charge in [0.05, 0.1) is 18.4 Å². The molecular weight excluding hydrogens is 305 g/mol. The number of nitrogen functional groups attached to an aromatic ring is 1. The van der Waals surface area contributed by atoms with Crippen molar-refractivity contribution in [2.45, 2.75) is 6.18 Å². The van der Waals surface area contributed by atoms with Gasteiger partial charge in [-0.05, 0) is 30.3 Å². The number of benzene rings is 2. The van der Waals surface area contributed by atoms with Crippen molar-refractivity contribution in [2.24, 2.45) is 0 Å². The summed E-state index contributed by atoms with van der Waals surface area (Å²) in [7, 11) is 1.45. The Morgan fingerprint density at radius 3 is 2.43 bits per heavy atom. The fourth-order valence-electron chi connectivity index (χ4n) is 1.78. The van der Waals surface area contributed by atoms with E-state index in [-0.39, 0.29) is 10.7 Å². The Morgan fingerprint density at radius 1 is 1.10 bits per heavy atom. The summed E-state index contributed by atoms with van der Waals surface area (Å²) in [6, 6.07) is 8.07. The molecule has 21 heavy (non-hydrogen) atoms. The molecule has 112 valence electrons. The summed E-state index contributed by atoms with van der Waals surface area (Å²) in [6.45, 7) is 0. The van der Waals surface area contributed by atoms with Gasteiger partial charge in [0.2, 0.25) is 0 Å². The molecule has 0 fully saturated rings.